The van der Waals surface area contributed by atoms with Gasteiger partial charge in [0.05, 0.1) is 0 Å². The second-order valence-electron chi connectivity index (χ2n) is 3.47. The highest BCUT2D eigenvalue weighted by Crippen LogP contribution is 2.20. The Morgan fingerprint density at radius 3 is 2.50 bits per heavy atom. The molecule has 0 bridgehead atoms. The van der Waals surface area contributed by atoms with Gasteiger partial charge >= 0.3 is 0 Å². The van der Waals surface area contributed by atoms with Crippen LogP contribution in [0.1, 0.15) is 30.4 Å². The Hall–Kier alpha value is -0.850. The molecule has 0 saturated carbocycles. The molecule has 0 radical (unpaired) electrons. The lowest BCUT2D eigenvalue weighted by Crippen LogP contribution is -1.91. The van der Waals surface area contributed by atoms with Crippen molar-refractivity contribution in [3.63, 3.8) is 0 Å². The topological polar surface area (TPSA) is 0 Å². The predicted molar refractivity (Wildman–Crippen MR) is 47.7 cm³/mol. The van der Waals surface area contributed by atoms with E-state index in [-0.39, 0.29) is 5.82 Å². The van der Waals surface area contributed by atoms with E-state index in [0.717, 1.165) is 12.8 Å². The van der Waals surface area contributed by atoms with E-state index < -0.39 is 0 Å². The highest BCUT2D eigenvalue weighted by Gasteiger charge is 2.07. The van der Waals surface area contributed by atoms with Crippen LogP contribution in [0.4, 0.5) is 4.39 Å². The Morgan fingerprint density at radius 2 is 1.67 bits per heavy atom. The van der Waals surface area contributed by atoms with Gasteiger partial charge in [-0.2, -0.15) is 0 Å². The summed E-state index contributed by atoms with van der Waals surface area (Å²) in [6.07, 6.45) is 5.97. The van der Waals surface area contributed by atoms with Gasteiger partial charge in [-0.15, -0.1) is 0 Å². The van der Waals surface area contributed by atoms with Crippen LogP contribution in [-0.4, -0.2) is 0 Å². The molecular weight excluding hydrogens is 151 g/mol. The van der Waals surface area contributed by atoms with Crippen molar-refractivity contribution in [1.82, 2.24) is 0 Å². The van der Waals surface area contributed by atoms with Crippen LogP contribution >= 0.6 is 0 Å². The van der Waals surface area contributed by atoms with Gasteiger partial charge in [0.2, 0.25) is 0 Å². The number of benzene rings is 1. The van der Waals surface area contributed by atoms with Gasteiger partial charge in [0.15, 0.2) is 0 Å². The van der Waals surface area contributed by atoms with Crippen LogP contribution < -0.4 is 0 Å². The summed E-state index contributed by atoms with van der Waals surface area (Å²) in [6.45, 7) is 0. The maximum atomic E-state index is 12.8. The van der Waals surface area contributed by atoms with Gasteiger partial charge in [0.1, 0.15) is 5.82 Å². The highest BCUT2D eigenvalue weighted by atomic mass is 19.1. The fraction of sp³-hybridized carbons (Fsp3) is 0.455. The second kappa shape index (κ2) is 3.26. The van der Waals surface area contributed by atoms with Gasteiger partial charge in [-0.25, -0.2) is 4.39 Å². The SMILES string of the molecule is Fc1ccc2c(c1)CCCCC2. The fourth-order valence-corrected chi connectivity index (χ4v) is 1.88. The third kappa shape index (κ3) is 1.50. The molecule has 0 aromatic heterocycles. The number of fused-ring (bicyclic) bond motifs is 1. The van der Waals surface area contributed by atoms with E-state index in [1.165, 1.54) is 30.4 Å². The van der Waals surface area contributed by atoms with Crippen LogP contribution in [0.25, 0.3) is 0 Å². The first kappa shape index (κ1) is 7.78. The molecule has 1 aromatic carbocycles. The average molecular weight is 164 g/mol. The Balaban J connectivity index is 2.36. The van der Waals surface area contributed by atoms with Gasteiger partial charge in [-0.1, -0.05) is 12.5 Å². The predicted octanol–water partition coefficient (Wildman–Crippen LogP) is 3.09. The van der Waals surface area contributed by atoms with Gasteiger partial charge in [0.25, 0.3) is 0 Å². The number of rotatable bonds is 0. The smallest absolute Gasteiger partial charge is 0.123 e. The van der Waals surface area contributed by atoms with Crippen molar-refractivity contribution in [3.05, 3.63) is 35.1 Å². The maximum absolute atomic E-state index is 12.8. The fourth-order valence-electron chi connectivity index (χ4n) is 1.88. The molecule has 1 aliphatic carbocycles. The molecular formula is C11H13F. The molecule has 0 nitrogen and oxygen atoms in total. The van der Waals surface area contributed by atoms with Crippen molar-refractivity contribution in [2.75, 3.05) is 0 Å². The van der Waals surface area contributed by atoms with Crippen molar-refractivity contribution < 1.29 is 4.39 Å². The summed E-state index contributed by atoms with van der Waals surface area (Å²) in [5, 5.41) is 0. The molecule has 0 unspecified atom stereocenters. The number of aryl methyl sites for hydroxylation is 2. The summed E-state index contributed by atoms with van der Waals surface area (Å²) in [7, 11) is 0. The van der Waals surface area contributed by atoms with Crippen LogP contribution in [0.2, 0.25) is 0 Å². The lowest BCUT2D eigenvalue weighted by atomic mass is 10.0. The van der Waals surface area contributed by atoms with Gasteiger partial charge in [0, 0.05) is 0 Å². The number of hydrogen-bond acceptors (Lipinski definition) is 0. The second-order valence-corrected chi connectivity index (χ2v) is 3.47. The summed E-state index contributed by atoms with van der Waals surface area (Å²) in [4.78, 5) is 0. The molecule has 0 N–H and O–H groups in total. The first-order valence-electron chi connectivity index (χ1n) is 4.63. The maximum Gasteiger partial charge on any atom is 0.123 e. The van der Waals surface area contributed by atoms with Crippen LogP contribution in [0.5, 0.6) is 0 Å². The highest BCUT2D eigenvalue weighted by molar-refractivity contribution is 5.28. The van der Waals surface area contributed by atoms with E-state index in [4.69, 9.17) is 0 Å². The van der Waals surface area contributed by atoms with Crippen molar-refractivity contribution in [2.24, 2.45) is 0 Å². The Bertz CT molecular complexity index is 278. The van der Waals surface area contributed by atoms with E-state index in [2.05, 4.69) is 0 Å². The third-order valence-electron chi connectivity index (χ3n) is 2.56. The molecule has 0 saturated heterocycles. The summed E-state index contributed by atoms with van der Waals surface area (Å²) < 4.78 is 12.8. The molecule has 64 valence electrons. The molecule has 2 rings (SSSR count). The molecule has 0 amide bonds. The molecule has 1 aromatic rings. The van der Waals surface area contributed by atoms with Crippen LogP contribution in [0.15, 0.2) is 18.2 Å². The minimum Gasteiger partial charge on any atom is -0.207 e. The molecule has 12 heavy (non-hydrogen) atoms. The largest absolute Gasteiger partial charge is 0.207 e. The van der Waals surface area contributed by atoms with Crippen molar-refractivity contribution in [2.45, 2.75) is 32.1 Å². The van der Waals surface area contributed by atoms with Crippen molar-refractivity contribution in [1.29, 1.82) is 0 Å². The molecule has 0 aliphatic heterocycles. The minimum atomic E-state index is -0.0874. The zero-order valence-electron chi connectivity index (χ0n) is 7.15. The lowest BCUT2D eigenvalue weighted by molar-refractivity contribution is 0.624. The lowest BCUT2D eigenvalue weighted by Gasteiger charge is -2.03. The Morgan fingerprint density at radius 1 is 0.917 bits per heavy atom. The zero-order valence-corrected chi connectivity index (χ0v) is 7.15. The normalized spacial score (nSPS) is 16.8. The third-order valence-corrected chi connectivity index (χ3v) is 2.56. The molecule has 0 fully saturated rings. The molecule has 0 spiro atoms. The van der Waals surface area contributed by atoms with Crippen LogP contribution in [0, 0.1) is 5.82 Å². The Kier molecular flexibility index (Phi) is 2.11. The molecule has 0 atom stereocenters. The van der Waals surface area contributed by atoms with E-state index in [1.807, 2.05) is 6.07 Å². The quantitative estimate of drug-likeness (QED) is 0.517. The average Bonchev–Trinajstić information content (AvgIpc) is 2.28. The standard InChI is InChI=1S/C11H13F/c12-11-7-6-9-4-2-1-3-5-10(9)8-11/h6-8H,1-5H2. The van der Waals surface area contributed by atoms with E-state index in [0.29, 0.717) is 0 Å². The summed E-state index contributed by atoms with van der Waals surface area (Å²) in [5.74, 6) is -0.0874. The van der Waals surface area contributed by atoms with E-state index in [1.54, 1.807) is 12.1 Å². The van der Waals surface area contributed by atoms with Crippen LogP contribution in [-0.2, 0) is 12.8 Å². The van der Waals surface area contributed by atoms with Gasteiger partial charge < -0.3 is 0 Å². The van der Waals surface area contributed by atoms with Gasteiger partial charge in [-0.05, 0) is 48.9 Å². The number of hydrogen-bond donors (Lipinski definition) is 0. The molecule has 0 heterocycles. The van der Waals surface area contributed by atoms with Crippen LogP contribution in [0.3, 0.4) is 0 Å². The van der Waals surface area contributed by atoms with Gasteiger partial charge in [-0.3, -0.25) is 0 Å². The first-order valence-corrected chi connectivity index (χ1v) is 4.63. The summed E-state index contributed by atoms with van der Waals surface area (Å²) in [6, 6.07) is 5.21. The molecule has 1 heteroatoms. The number of halogens is 1. The zero-order chi connectivity index (χ0) is 8.39. The Labute approximate surface area is 72.4 Å². The minimum absolute atomic E-state index is 0.0874. The summed E-state index contributed by atoms with van der Waals surface area (Å²) >= 11 is 0. The van der Waals surface area contributed by atoms with Crippen molar-refractivity contribution >= 4 is 0 Å². The van der Waals surface area contributed by atoms with Crippen molar-refractivity contribution in [3.8, 4) is 0 Å². The van der Waals surface area contributed by atoms with E-state index >= 15 is 0 Å². The summed E-state index contributed by atoms with van der Waals surface area (Å²) in [5.41, 5.74) is 2.58. The van der Waals surface area contributed by atoms with E-state index in [9.17, 15) is 4.39 Å². The first-order chi connectivity index (χ1) is 5.86. The molecule has 1 aliphatic rings. The monoisotopic (exact) mass is 164 g/mol.